The molecule has 1 aromatic carbocycles. The molecule has 134 valence electrons. The van der Waals surface area contributed by atoms with Crippen LogP contribution >= 0.6 is 0 Å². The van der Waals surface area contributed by atoms with Crippen LogP contribution in [0.4, 0.5) is 0 Å². The molecule has 0 bridgehead atoms. The largest absolute Gasteiger partial charge is 0.396 e. The minimum Gasteiger partial charge on any atom is -0.396 e. The summed E-state index contributed by atoms with van der Waals surface area (Å²) in [6.07, 6.45) is 2.38. The molecule has 3 N–H and O–H groups in total. The first kappa shape index (κ1) is 18.7. The van der Waals surface area contributed by atoms with Crippen molar-refractivity contribution in [3.05, 3.63) is 35.9 Å². The summed E-state index contributed by atoms with van der Waals surface area (Å²) in [6, 6.07) is 11.1. The predicted molar refractivity (Wildman–Crippen MR) is 100 cm³/mol. The van der Waals surface area contributed by atoms with Crippen molar-refractivity contribution < 1.29 is 5.11 Å². The highest BCUT2D eigenvalue weighted by atomic mass is 16.3. The molecule has 0 amide bonds. The average Bonchev–Trinajstić information content (AvgIpc) is 2.61. The van der Waals surface area contributed by atoms with Crippen LogP contribution in [0.2, 0.25) is 0 Å². The molecule has 24 heavy (non-hydrogen) atoms. The summed E-state index contributed by atoms with van der Waals surface area (Å²) in [4.78, 5) is 7.11. The topological polar surface area (TPSA) is 59.9 Å². The molecule has 1 aromatic rings. The number of piperidine rings is 1. The number of guanidine groups is 1. The van der Waals surface area contributed by atoms with E-state index in [0.717, 1.165) is 32.1 Å². The number of likely N-dealkylation sites (tertiary alicyclic amines) is 1. The van der Waals surface area contributed by atoms with Crippen LogP contribution in [0.3, 0.4) is 0 Å². The second-order valence-electron chi connectivity index (χ2n) is 6.71. The molecule has 1 fully saturated rings. The smallest absolute Gasteiger partial charge is 0.191 e. The van der Waals surface area contributed by atoms with E-state index in [2.05, 4.69) is 57.8 Å². The van der Waals surface area contributed by atoms with E-state index in [1.807, 2.05) is 6.92 Å². The summed E-state index contributed by atoms with van der Waals surface area (Å²) in [7, 11) is 0. The van der Waals surface area contributed by atoms with Crippen LogP contribution in [0, 0.1) is 5.92 Å². The molecule has 1 aliphatic rings. The number of aliphatic hydroxyl groups excluding tert-OH is 1. The van der Waals surface area contributed by atoms with Gasteiger partial charge in [0.1, 0.15) is 0 Å². The zero-order valence-corrected chi connectivity index (χ0v) is 15.0. The summed E-state index contributed by atoms with van der Waals surface area (Å²) in [5.41, 5.74) is 1.37. The van der Waals surface area contributed by atoms with Gasteiger partial charge in [0.15, 0.2) is 5.96 Å². The van der Waals surface area contributed by atoms with E-state index in [9.17, 15) is 0 Å². The monoisotopic (exact) mass is 332 g/mol. The maximum absolute atomic E-state index is 9.16. The third-order valence-corrected chi connectivity index (χ3v) is 4.31. The van der Waals surface area contributed by atoms with Crippen molar-refractivity contribution in [2.75, 3.05) is 32.8 Å². The van der Waals surface area contributed by atoms with Gasteiger partial charge in [-0.2, -0.15) is 0 Å². The molecular formula is C19H32N4O. The van der Waals surface area contributed by atoms with Crippen LogP contribution in [0.15, 0.2) is 35.3 Å². The number of nitrogens with zero attached hydrogens (tertiary/aromatic N) is 2. The lowest BCUT2D eigenvalue weighted by atomic mass is 10.0. The zero-order chi connectivity index (χ0) is 17.2. The first-order valence-corrected chi connectivity index (χ1v) is 9.13. The van der Waals surface area contributed by atoms with E-state index in [4.69, 9.17) is 5.11 Å². The maximum Gasteiger partial charge on any atom is 0.191 e. The Balaban J connectivity index is 1.87. The molecular weight excluding hydrogens is 300 g/mol. The minimum absolute atomic E-state index is 0.178. The summed E-state index contributed by atoms with van der Waals surface area (Å²) < 4.78 is 0. The first-order chi connectivity index (χ1) is 11.7. The molecule has 0 spiro atoms. The number of aliphatic hydroxyl groups is 1. The first-order valence-electron chi connectivity index (χ1n) is 9.13. The highest BCUT2D eigenvalue weighted by molar-refractivity contribution is 5.80. The van der Waals surface area contributed by atoms with Gasteiger partial charge in [-0.25, -0.2) is 0 Å². The molecule has 5 heteroatoms. The zero-order valence-electron chi connectivity index (χ0n) is 15.0. The van der Waals surface area contributed by atoms with Crippen molar-refractivity contribution in [2.24, 2.45) is 10.9 Å². The van der Waals surface area contributed by atoms with Gasteiger partial charge in [-0.05, 0) is 37.8 Å². The molecule has 0 aromatic heterocycles. The van der Waals surface area contributed by atoms with E-state index in [-0.39, 0.29) is 12.5 Å². The Morgan fingerprint density at radius 3 is 2.88 bits per heavy atom. The van der Waals surface area contributed by atoms with Crippen molar-refractivity contribution in [1.29, 1.82) is 0 Å². The van der Waals surface area contributed by atoms with Gasteiger partial charge in [0.05, 0.1) is 0 Å². The summed E-state index contributed by atoms with van der Waals surface area (Å²) in [5, 5.41) is 16.0. The fourth-order valence-electron chi connectivity index (χ4n) is 2.98. The van der Waals surface area contributed by atoms with Crippen LogP contribution in [-0.4, -0.2) is 54.8 Å². The molecule has 0 radical (unpaired) electrons. The second kappa shape index (κ2) is 10.3. The number of hydrogen-bond donors (Lipinski definition) is 3. The number of rotatable bonds is 7. The van der Waals surface area contributed by atoms with Crippen LogP contribution < -0.4 is 10.6 Å². The Hall–Kier alpha value is -1.59. The number of hydrogen-bond acceptors (Lipinski definition) is 3. The van der Waals surface area contributed by atoms with Crippen LogP contribution in [0.1, 0.15) is 32.3 Å². The van der Waals surface area contributed by atoms with Crippen molar-refractivity contribution in [3.63, 3.8) is 0 Å². The van der Waals surface area contributed by atoms with Gasteiger partial charge in [-0.15, -0.1) is 0 Å². The van der Waals surface area contributed by atoms with Crippen molar-refractivity contribution >= 4 is 5.96 Å². The molecule has 0 saturated carbocycles. The van der Waals surface area contributed by atoms with Gasteiger partial charge in [0.2, 0.25) is 0 Å². The Kier molecular flexibility index (Phi) is 8.05. The van der Waals surface area contributed by atoms with E-state index in [0.29, 0.717) is 12.6 Å². The number of benzene rings is 1. The standard InChI is InChI=1S/C19H32N4O/c1-3-20-19(21-12-16(2)15-24)22-18-10-7-11-23(14-18)13-17-8-5-4-6-9-17/h4-6,8-9,16,18,24H,3,7,10-15H2,1-2H3,(H2,20,21,22). The Morgan fingerprint density at radius 2 is 2.17 bits per heavy atom. The van der Waals surface area contributed by atoms with Crippen LogP contribution in [-0.2, 0) is 6.54 Å². The van der Waals surface area contributed by atoms with Crippen LogP contribution in [0.5, 0.6) is 0 Å². The van der Waals surface area contributed by atoms with Gasteiger partial charge in [0.25, 0.3) is 0 Å². The van der Waals surface area contributed by atoms with Crippen molar-refractivity contribution in [1.82, 2.24) is 15.5 Å². The molecule has 2 atom stereocenters. The van der Waals surface area contributed by atoms with E-state index >= 15 is 0 Å². The Labute approximate surface area is 146 Å². The molecule has 1 heterocycles. The third kappa shape index (κ3) is 6.49. The quantitative estimate of drug-likeness (QED) is 0.527. The second-order valence-corrected chi connectivity index (χ2v) is 6.71. The lowest BCUT2D eigenvalue weighted by molar-refractivity contribution is 0.192. The van der Waals surface area contributed by atoms with Gasteiger partial charge < -0.3 is 15.7 Å². The predicted octanol–water partition coefficient (Wildman–Crippen LogP) is 1.83. The molecule has 0 aliphatic carbocycles. The highest BCUT2D eigenvalue weighted by Gasteiger charge is 2.20. The molecule has 5 nitrogen and oxygen atoms in total. The number of nitrogens with one attached hydrogen (secondary N) is 2. The SMILES string of the molecule is CCNC(=NCC(C)CO)NC1CCCN(Cc2ccccc2)C1. The Morgan fingerprint density at radius 1 is 1.38 bits per heavy atom. The van der Waals surface area contributed by atoms with Gasteiger partial charge in [-0.3, -0.25) is 9.89 Å². The molecule has 2 rings (SSSR count). The summed E-state index contributed by atoms with van der Waals surface area (Å²) >= 11 is 0. The van der Waals surface area contributed by atoms with Gasteiger partial charge in [0, 0.05) is 38.8 Å². The fraction of sp³-hybridized carbons (Fsp3) is 0.632. The lowest BCUT2D eigenvalue weighted by Gasteiger charge is -2.34. The minimum atomic E-state index is 0.178. The average molecular weight is 332 g/mol. The van der Waals surface area contributed by atoms with E-state index < -0.39 is 0 Å². The molecule has 1 saturated heterocycles. The Bertz CT molecular complexity index is 491. The van der Waals surface area contributed by atoms with Crippen molar-refractivity contribution in [2.45, 2.75) is 39.3 Å². The van der Waals surface area contributed by atoms with E-state index in [1.165, 1.54) is 18.4 Å². The van der Waals surface area contributed by atoms with Crippen molar-refractivity contribution in [3.8, 4) is 0 Å². The molecule has 1 aliphatic heterocycles. The third-order valence-electron chi connectivity index (χ3n) is 4.31. The summed E-state index contributed by atoms with van der Waals surface area (Å²) in [5.74, 6) is 1.06. The molecule has 2 unspecified atom stereocenters. The normalized spacial score (nSPS) is 20.6. The van der Waals surface area contributed by atoms with E-state index in [1.54, 1.807) is 0 Å². The number of aliphatic imine (C=N–C) groups is 1. The van der Waals surface area contributed by atoms with Gasteiger partial charge >= 0.3 is 0 Å². The fourth-order valence-corrected chi connectivity index (χ4v) is 2.98. The van der Waals surface area contributed by atoms with Crippen LogP contribution in [0.25, 0.3) is 0 Å². The highest BCUT2D eigenvalue weighted by Crippen LogP contribution is 2.13. The maximum atomic E-state index is 9.16. The lowest BCUT2D eigenvalue weighted by Crippen LogP contribution is -2.51. The van der Waals surface area contributed by atoms with Gasteiger partial charge in [-0.1, -0.05) is 37.3 Å². The summed E-state index contributed by atoms with van der Waals surface area (Å²) in [6.45, 7) is 8.96.